The van der Waals surface area contributed by atoms with Crippen LogP contribution in [0.2, 0.25) is 0 Å². The highest BCUT2D eigenvalue weighted by Crippen LogP contribution is 2.35. The molecule has 0 radical (unpaired) electrons. The molecule has 0 aliphatic rings. The van der Waals surface area contributed by atoms with Crippen molar-refractivity contribution in [3.05, 3.63) is 76.9 Å². The third kappa shape index (κ3) is 5.37. The van der Waals surface area contributed by atoms with Gasteiger partial charge < -0.3 is 20.5 Å². The van der Waals surface area contributed by atoms with Crippen molar-refractivity contribution in [1.82, 2.24) is 9.55 Å². The number of unbranched alkanes of at least 4 members (excludes halogenated alkanes) is 1. The molecule has 1 amide bonds. The van der Waals surface area contributed by atoms with Gasteiger partial charge >= 0.3 is 5.97 Å². The average Bonchev–Trinajstić information content (AvgIpc) is 3.15. The summed E-state index contributed by atoms with van der Waals surface area (Å²) < 4.78 is 1.81. The molecule has 0 spiro atoms. The monoisotopic (exact) mass is 463 g/mol. The number of imidazole rings is 1. The molecule has 1 aromatic heterocycles. The highest BCUT2D eigenvalue weighted by Gasteiger charge is 2.32. The van der Waals surface area contributed by atoms with Crippen LogP contribution in [-0.2, 0) is 13.0 Å². The fraction of sp³-hybridized carbons (Fsp3) is 0.370. The summed E-state index contributed by atoms with van der Waals surface area (Å²) in [4.78, 5) is 28.7. The van der Waals surface area contributed by atoms with Crippen LogP contribution < -0.4 is 5.73 Å². The van der Waals surface area contributed by atoms with Gasteiger partial charge in [-0.15, -0.1) is 0 Å². The lowest BCUT2D eigenvalue weighted by atomic mass is 9.86. The lowest BCUT2D eigenvalue weighted by Gasteiger charge is -2.25. The highest BCUT2D eigenvalue weighted by molar-refractivity contribution is 5.96. The van der Waals surface area contributed by atoms with E-state index in [0.717, 1.165) is 24.0 Å². The average molecular weight is 464 g/mol. The van der Waals surface area contributed by atoms with Crippen LogP contribution in [0.25, 0.3) is 11.1 Å². The molecular formula is C27H33N3O4. The second-order valence-electron chi connectivity index (χ2n) is 9.63. The van der Waals surface area contributed by atoms with E-state index in [-0.39, 0.29) is 11.3 Å². The van der Waals surface area contributed by atoms with Crippen molar-refractivity contribution in [1.29, 1.82) is 0 Å². The fourth-order valence-corrected chi connectivity index (χ4v) is 3.97. The van der Waals surface area contributed by atoms with Crippen LogP contribution in [0.1, 0.15) is 84.6 Å². The summed E-state index contributed by atoms with van der Waals surface area (Å²) >= 11 is 0. The van der Waals surface area contributed by atoms with Gasteiger partial charge in [0.1, 0.15) is 23.3 Å². The first-order valence-corrected chi connectivity index (χ1v) is 11.5. The first kappa shape index (κ1) is 25.2. The molecular weight excluding hydrogens is 430 g/mol. The predicted octanol–water partition coefficient (Wildman–Crippen LogP) is 4.82. The third-order valence-corrected chi connectivity index (χ3v) is 5.90. The van der Waals surface area contributed by atoms with Crippen LogP contribution >= 0.6 is 0 Å². The van der Waals surface area contributed by atoms with E-state index in [4.69, 9.17) is 5.73 Å². The predicted molar refractivity (Wildman–Crippen MR) is 132 cm³/mol. The number of amides is 1. The number of rotatable bonds is 9. The number of aryl methyl sites for hydroxylation is 1. The van der Waals surface area contributed by atoms with E-state index >= 15 is 0 Å². The number of benzene rings is 2. The second-order valence-corrected chi connectivity index (χ2v) is 9.63. The number of primary amides is 1. The minimum Gasteiger partial charge on any atom is -0.478 e. The van der Waals surface area contributed by atoms with E-state index in [9.17, 15) is 19.8 Å². The van der Waals surface area contributed by atoms with Crippen LogP contribution in [0.3, 0.4) is 0 Å². The Labute approximate surface area is 200 Å². The van der Waals surface area contributed by atoms with Crippen molar-refractivity contribution >= 4 is 11.9 Å². The summed E-state index contributed by atoms with van der Waals surface area (Å²) in [6, 6.07) is 14.4. The van der Waals surface area contributed by atoms with E-state index in [1.54, 1.807) is 18.2 Å². The number of hydrogen-bond donors (Lipinski definition) is 3. The van der Waals surface area contributed by atoms with Gasteiger partial charge in [0.2, 0.25) is 0 Å². The molecule has 34 heavy (non-hydrogen) atoms. The molecule has 4 N–H and O–H groups in total. The van der Waals surface area contributed by atoms with Crippen LogP contribution in [0, 0.1) is 5.41 Å². The number of carbonyl (C=O) groups is 2. The Morgan fingerprint density at radius 1 is 1.09 bits per heavy atom. The zero-order chi connectivity index (χ0) is 25.0. The summed E-state index contributed by atoms with van der Waals surface area (Å²) in [5, 5.41) is 20.4. The lowest BCUT2D eigenvalue weighted by molar-refractivity contribution is 0.0576. The van der Waals surface area contributed by atoms with E-state index < -0.39 is 23.4 Å². The van der Waals surface area contributed by atoms with E-state index in [2.05, 4.69) is 11.9 Å². The molecule has 1 unspecified atom stereocenters. The molecule has 3 aromatic rings. The molecule has 0 bridgehead atoms. The van der Waals surface area contributed by atoms with Gasteiger partial charge in [-0.2, -0.15) is 0 Å². The molecule has 3 rings (SSSR count). The third-order valence-electron chi connectivity index (χ3n) is 5.90. The Balaban J connectivity index is 2.02. The first-order chi connectivity index (χ1) is 16.0. The maximum atomic E-state index is 12.5. The van der Waals surface area contributed by atoms with Crippen molar-refractivity contribution < 1.29 is 19.8 Å². The van der Waals surface area contributed by atoms with E-state index in [1.165, 1.54) is 0 Å². The Kier molecular flexibility index (Phi) is 7.57. The lowest BCUT2D eigenvalue weighted by Crippen LogP contribution is -2.25. The summed E-state index contributed by atoms with van der Waals surface area (Å²) in [6.07, 6.45) is 1.59. The number of aliphatic hydroxyl groups excluding tert-OH is 1. The number of carboxylic acid groups (broad SMARTS) is 1. The Morgan fingerprint density at radius 2 is 1.74 bits per heavy atom. The standard InChI is InChI=1S/C27H33N3O4/c1-5-6-11-21-29-22(24(31)27(2,3)4)23(25(28)32)30(21)16-17-12-14-18(15-13-17)19-9-7-8-10-20(19)26(33)34/h7-10,12-15,24,31H,5-6,11,16H2,1-4H3,(H2,28,32)(H,33,34). The molecule has 0 saturated heterocycles. The summed E-state index contributed by atoms with van der Waals surface area (Å²) in [7, 11) is 0. The Morgan fingerprint density at radius 3 is 2.29 bits per heavy atom. The SMILES string of the molecule is CCCCc1nc(C(O)C(C)(C)C)c(C(N)=O)n1Cc1ccc(-c2ccccc2C(=O)O)cc1. The van der Waals surface area contributed by atoms with Crippen LogP contribution in [0.15, 0.2) is 48.5 Å². The topological polar surface area (TPSA) is 118 Å². The highest BCUT2D eigenvalue weighted by atomic mass is 16.4. The maximum Gasteiger partial charge on any atom is 0.336 e. The molecule has 7 nitrogen and oxygen atoms in total. The van der Waals surface area contributed by atoms with E-state index in [1.807, 2.05) is 55.7 Å². The van der Waals surface area contributed by atoms with Crippen molar-refractivity contribution in [2.45, 2.75) is 59.6 Å². The van der Waals surface area contributed by atoms with Gasteiger partial charge in [0.25, 0.3) is 5.91 Å². The molecule has 0 saturated carbocycles. The van der Waals surface area contributed by atoms with Gasteiger partial charge in [0.05, 0.1) is 5.56 Å². The van der Waals surface area contributed by atoms with Crippen LogP contribution in [-0.4, -0.2) is 31.6 Å². The number of aromatic nitrogens is 2. The maximum absolute atomic E-state index is 12.5. The number of hydrogen-bond acceptors (Lipinski definition) is 4. The van der Waals surface area contributed by atoms with Gasteiger partial charge in [-0.3, -0.25) is 4.79 Å². The molecule has 1 heterocycles. The Hall–Kier alpha value is -3.45. The smallest absolute Gasteiger partial charge is 0.336 e. The number of nitrogens with two attached hydrogens (primary N) is 1. The quantitative estimate of drug-likeness (QED) is 0.420. The van der Waals surface area contributed by atoms with Crippen LogP contribution in [0.5, 0.6) is 0 Å². The molecule has 1 atom stereocenters. The summed E-state index contributed by atoms with van der Waals surface area (Å²) in [5.41, 5.74) is 8.39. The fourth-order valence-electron chi connectivity index (χ4n) is 3.97. The van der Waals surface area contributed by atoms with Crippen LogP contribution in [0.4, 0.5) is 0 Å². The molecule has 0 aliphatic heterocycles. The van der Waals surface area contributed by atoms with Gasteiger partial charge in [0.15, 0.2) is 0 Å². The minimum absolute atomic E-state index is 0.230. The summed E-state index contributed by atoms with van der Waals surface area (Å²) in [6.45, 7) is 8.12. The van der Waals surface area contributed by atoms with Gasteiger partial charge in [-0.1, -0.05) is 76.6 Å². The van der Waals surface area contributed by atoms with Crippen molar-refractivity contribution in [2.24, 2.45) is 11.1 Å². The molecule has 2 aromatic carbocycles. The zero-order valence-corrected chi connectivity index (χ0v) is 20.2. The summed E-state index contributed by atoms with van der Waals surface area (Å²) in [5.74, 6) is -0.885. The molecule has 0 fully saturated rings. The Bertz CT molecular complexity index is 1170. The van der Waals surface area contributed by atoms with Gasteiger partial charge in [-0.05, 0) is 34.6 Å². The molecule has 0 aliphatic carbocycles. The van der Waals surface area contributed by atoms with E-state index in [0.29, 0.717) is 30.0 Å². The zero-order valence-electron chi connectivity index (χ0n) is 20.2. The van der Waals surface area contributed by atoms with Crippen molar-refractivity contribution in [2.75, 3.05) is 0 Å². The number of aromatic carboxylic acids is 1. The number of aliphatic hydroxyl groups is 1. The largest absolute Gasteiger partial charge is 0.478 e. The first-order valence-electron chi connectivity index (χ1n) is 11.5. The van der Waals surface area contributed by atoms with Crippen molar-refractivity contribution in [3.63, 3.8) is 0 Å². The molecule has 7 heteroatoms. The van der Waals surface area contributed by atoms with Gasteiger partial charge in [0, 0.05) is 13.0 Å². The normalized spacial score (nSPS) is 12.5. The van der Waals surface area contributed by atoms with Crippen molar-refractivity contribution in [3.8, 4) is 11.1 Å². The second kappa shape index (κ2) is 10.2. The number of carbonyl (C=O) groups excluding carboxylic acids is 1. The minimum atomic E-state index is -0.977. The number of carboxylic acids is 1. The van der Waals surface area contributed by atoms with Gasteiger partial charge in [-0.25, -0.2) is 9.78 Å². The number of nitrogens with zero attached hydrogens (tertiary/aromatic N) is 2. The molecule has 180 valence electrons.